The van der Waals surface area contributed by atoms with E-state index in [1.54, 1.807) is 0 Å². The zero-order valence-electron chi connectivity index (χ0n) is 8.74. The molecule has 1 aromatic carbocycles. The molecule has 16 heavy (non-hydrogen) atoms. The van der Waals surface area contributed by atoms with Crippen LogP contribution in [0.2, 0.25) is 5.02 Å². The molecule has 3 nitrogen and oxygen atoms in total. The van der Waals surface area contributed by atoms with Gasteiger partial charge in [0.25, 0.3) is 0 Å². The summed E-state index contributed by atoms with van der Waals surface area (Å²) in [5, 5.41) is 3.75. The Labute approximate surface area is 99.3 Å². The fourth-order valence-electron chi connectivity index (χ4n) is 1.82. The van der Waals surface area contributed by atoms with Gasteiger partial charge < -0.3 is 11.1 Å². The molecule has 0 bridgehead atoms. The Hall–Kier alpha value is -1.32. The van der Waals surface area contributed by atoms with Crippen molar-refractivity contribution in [3.05, 3.63) is 40.9 Å². The van der Waals surface area contributed by atoms with Crippen LogP contribution in [0, 0.1) is 0 Å². The van der Waals surface area contributed by atoms with E-state index in [9.17, 15) is 4.79 Å². The largest absolute Gasteiger partial charge is 0.368 e. The third-order valence-electron chi connectivity index (χ3n) is 2.63. The molecule has 1 atom stereocenters. The van der Waals surface area contributed by atoms with Crippen molar-refractivity contribution in [1.82, 2.24) is 5.32 Å². The van der Waals surface area contributed by atoms with Crippen molar-refractivity contribution in [3.63, 3.8) is 0 Å². The lowest BCUT2D eigenvalue weighted by molar-refractivity contribution is -0.119. The average molecular weight is 237 g/mol. The van der Waals surface area contributed by atoms with Gasteiger partial charge >= 0.3 is 0 Å². The van der Waals surface area contributed by atoms with Crippen LogP contribution in [-0.4, -0.2) is 18.5 Å². The SMILES string of the molecule is NC(=O)C1C=C(c2cccc(Cl)c2)CCN1. The Morgan fingerprint density at radius 2 is 2.31 bits per heavy atom. The fourth-order valence-corrected chi connectivity index (χ4v) is 2.01. The summed E-state index contributed by atoms with van der Waals surface area (Å²) in [6.07, 6.45) is 2.75. The molecule has 0 radical (unpaired) electrons. The molecule has 1 heterocycles. The Kier molecular flexibility index (Phi) is 3.27. The first-order valence-corrected chi connectivity index (χ1v) is 5.54. The van der Waals surface area contributed by atoms with Gasteiger partial charge in [-0.3, -0.25) is 4.79 Å². The fraction of sp³-hybridized carbons (Fsp3) is 0.250. The van der Waals surface area contributed by atoms with Gasteiger partial charge in [0.2, 0.25) is 5.91 Å². The summed E-state index contributed by atoms with van der Waals surface area (Å²) in [6.45, 7) is 0.756. The minimum absolute atomic E-state index is 0.348. The van der Waals surface area contributed by atoms with Gasteiger partial charge in [0, 0.05) is 11.6 Å². The van der Waals surface area contributed by atoms with Crippen LogP contribution in [0.15, 0.2) is 30.3 Å². The summed E-state index contributed by atoms with van der Waals surface area (Å²) in [5.41, 5.74) is 7.44. The highest BCUT2D eigenvalue weighted by atomic mass is 35.5. The van der Waals surface area contributed by atoms with E-state index in [1.807, 2.05) is 30.3 Å². The average Bonchev–Trinajstić information content (AvgIpc) is 2.29. The number of halogens is 1. The van der Waals surface area contributed by atoms with Crippen LogP contribution in [-0.2, 0) is 4.79 Å². The van der Waals surface area contributed by atoms with Crippen molar-refractivity contribution in [2.45, 2.75) is 12.5 Å². The predicted octanol–water partition coefficient (Wildman–Crippen LogP) is 1.57. The monoisotopic (exact) mass is 236 g/mol. The number of hydrogen-bond acceptors (Lipinski definition) is 2. The van der Waals surface area contributed by atoms with E-state index in [0.717, 1.165) is 24.1 Å². The zero-order valence-corrected chi connectivity index (χ0v) is 9.50. The number of primary amides is 1. The lowest BCUT2D eigenvalue weighted by Crippen LogP contribution is -2.42. The standard InChI is InChI=1S/C12H13ClN2O/c13-10-3-1-2-8(6-10)9-4-5-15-11(7-9)12(14)16/h1-3,6-7,11,15H,4-5H2,(H2,14,16). The molecule has 84 valence electrons. The second-order valence-electron chi connectivity index (χ2n) is 3.79. The van der Waals surface area contributed by atoms with Crippen molar-refractivity contribution >= 4 is 23.1 Å². The van der Waals surface area contributed by atoms with Gasteiger partial charge in [-0.1, -0.05) is 29.8 Å². The van der Waals surface area contributed by atoms with E-state index in [4.69, 9.17) is 17.3 Å². The summed E-state index contributed by atoms with van der Waals surface area (Å²) in [7, 11) is 0. The van der Waals surface area contributed by atoms with E-state index in [-0.39, 0.29) is 11.9 Å². The Morgan fingerprint density at radius 3 is 3.00 bits per heavy atom. The number of nitrogens with two attached hydrogens (primary N) is 1. The van der Waals surface area contributed by atoms with Crippen LogP contribution in [0.3, 0.4) is 0 Å². The third kappa shape index (κ3) is 2.43. The molecule has 0 aliphatic carbocycles. The van der Waals surface area contributed by atoms with Crippen LogP contribution in [0.4, 0.5) is 0 Å². The molecule has 0 saturated carbocycles. The van der Waals surface area contributed by atoms with E-state index in [2.05, 4.69) is 5.32 Å². The Morgan fingerprint density at radius 1 is 1.50 bits per heavy atom. The normalized spacial score (nSPS) is 20.3. The molecule has 0 fully saturated rings. The second-order valence-corrected chi connectivity index (χ2v) is 4.22. The highest BCUT2D eigenvalue weighted by molar-refractivity contribution is 6.30. The molecule has 2 rings (SSSR count). The third-order valence-corrected chi connectivity index (χ3v) is 2.86. The smallest absolute Gasteiger partial charge is 0.238 e. The lowest BCUT2D eigenvalue weighted by atomic mass is 9.97. The van der Waals surface area contributed by atoms with Gasteiger partial charge in [-0.15, -0.1) is 0 Å². The van der Waals surface area contributed by atoms with Crippen LogP contribution in [0.25, 0.3) is 5.57 Å². The van der Waals surface area contributed by atoms with E-state index in [0.29, 0.717) is 5.02 Å². The molecule has 0 spiro atoms. The Bertz CT molecular complexity index is 442. The number of nitrogens with one attached hydrogen (secondary N) is 1. The molecule has 0 saturated heterocycles. The molecule has 1 aromatic rings. The van der Waals surface area contributed by atoms with Crippen LogP contribution < -0.4 is 11.1 Å². The zero-order chi connectivity index (χ0) is 11.5. The molecule has 4 heteroatoms. The minimum atomic E-state index is -0.372. The summed E-state index contributed by atoms with van der Waals surface area (Å²) in [6, 6.07) is 7.25. The number of carbonyl (C=O) groups excluding carboxylic acids is 1. The Balaban J connectivity index is 2.30. The van der Waals surface area contributed by atoms with Crippen LogP contribution in [0.1, 0.15) is 12.0 Å². The summed E-state index contributed by atoms with van der Waals surface area (Å²) >= 11 is 5.93. The predicted molar refractivity (Wildman–Crippen MR) is 65.0 cm³/mol. The molecule has 1 aliphatic heterocycles. The molecule has 1 aliphatic rings. The van der Waals surface area contributed by atoms with Crippen molar-refractivity contribution < 1.29 is 4.79 Å². The minimum Gasteiger partial charge on any atom is -0.368 e. The van der Waals surface area contributed by atoms with E-state index < -0.39 is 0 Å². The number of hydrogen-bond donors (Lipinski definition) is 2. The lowest BCUT2D eigenvalue weighted by Gasteiger charge is -2.20. The van der Waals surface area contributed by atoms with Gasteiger partial charge in [0.15, 0.2) is 0 Å². The summed E-state index contributed by atoms with van der Waals surface area (Å²) in [5.74, 6) is -0.348. The van der Waals surface area contributed by atoms with Crippen molar-refractivity contribution in [2.24, 2.45) is 5.73 Å². The first-order chi connectivity index (χ1) is 7.66. The van der Waals surface area contributed by atoms with E-state index >= 15 is 0 Å². The summed E-state index contributed by atoms with van der Waals surface area (Å²) in [4.78, 5) is 11.1. The molecular weight excluding hydrogens is 224 g/mol. The highest BCUT2D eigenvalue weighted by Gasteiger charge is 2.17. The van der Waals surface area contributed by atoms with Crippen molar-refractivity contribution in [1.29, 1.82) is 0 Å². The van der Waals surface area contributed by atoms with Crippen molar-refractivity contribution in [2.75, 3.05) is 6.54 Å². The number of rotatable bonds is 2. The van der Waals surface area contributed by atoms with Crippen molar-refractivity contribution in [3.8, 4) is 0 Å². The highest BCUT2D eigenvalue weighted by Crippen LogP contribution is 2.23. The number of amides is 1. The number of carbonyl (C=O) groups is 1. The second kappa shape index (κ2) is 4.68. The van der Waals surface area contributed by atoms with Crippen LogP contribution in [0.5, 0.6) is 0 Å². The maximum atomic E-state index is 11.1. The molecule has 3 N–H and O–H groups in total. The van der Waals surface area contributed by atoms with Gasteiger partial charge in [-0.25, -0.2) is 0 Å². The molecular formula is C12H13ClN2O. The quantitative estimate of drug-likeness (QED) is 0.819. The maximum Gasteiger partial charge on any atom is 0.238 e. The van der Waals surface area contributed by atoms with E-state index in [1.165, 1.54) is 0 Å². The van der Waals surface area contributed by atoms with Gasteiger partial charge in [-0.2, -0.15) is 0 Å². The molecule has 1 unspecified atom stereocenters. The first-order valence-electron chi connectivity index (χ1n) is 5.16. The summed E-state index contributed by atoms with van der Waals surface area (Å²) < 4.78 is 0. The maximum absolute atomic E-state index is 11.1. The first kappa shape index (κ1) is 11.2. The molecule has 0 aromatic heterocycles. The number of benzene rings is 1. The van der Waals surface area contributed by atoms with Gasteiger partial charge in [-0.05, 0) is 29.7 Å². The molecule has 1 amide bonds. The van der Waals surface area contributed by atoms with Gasteiger partial charge in [0.05, 0.1) is 0 Å². The topological polar surface area (TPSA) is 55.1 Å². The van der Waals surface area contributed by atoms with Crippen LogP contribution >= 0.6 is 11.6 Å². The van der Waals surface area contributed by atoms with Gasteiger partial charge in [0.1, 0.15) is 6.04 Å².